The molecular weight excluding hydrogens is 268 g/mol. The van der Waals surface area contributed by atoms with Gasteiger partial charge in [0.2, 0.25) is 0 Å². The molecule has 0 fully saturated rings. The third kappa shape index (κ3) is 2.62. The van der Waals surface area contributed by atoms with Crippen LogP contribution in [0.25, 0.3) is 10.9 Å². The zero-order chi connectivity index (χ0) is 14.8. The van der Waals surface area contributed by atoms with Crippen LogP contribution >= 0.6 is 0 Å². The van der Waals surface area contributed by atoms with Crippen molar-refractivity contribution in [1.29, 1.82) is 0 Å². The molecular formula is C16H12N2O3. The highest BCUT2D eigenvalue weighted by molar-refractivity contribution is 6.05. The average Bonchev–Trinajstić information content (AvgIpc) is 2.49. The molecule has 5 heteroatoms. The zero-order valence-electron chi connectivity index (χ0n) is 11.0. The Morgan fingerprint density at radius 1 is 1.05 bits per heavy atom. The lowest BCUT2D eigenvalue weighted by molar-refractivity contribution is 0.102. The van der Waals surface area contributed by atoms with Crippen LogP contribution in [0, 0.1) is 0 Å². The third-order valence-corrected chi connectivity index (χ3v) is 3.12. The minimum Gasteiger partial charge on any atom is -0.508 e. The molecule has 3 rings (SSSR count). The highest BCUT2D eigenvalue weighted by Crippen LogP contribution is 2.15. The molecule has 0 saturated heterocycles. The molecule has 3 aromatic rings. The summed E-state index contributed by atoms with van der Waals surface area (Å²) in [6, 6.07) is 14.8. The SMILES string of the molecule is O=C(Nc1ccc(O)cc1)c1cc2ccccc2[nH]c1=O. The molecule has 0 atom stereocenters. The van der Waals surface area contributed by atoms with E-state index in [0.717, 1.165) is 5.39 Å². The van der Waals surface area contributed by atoms with Gasteiger partial charge in [-0.1, -0.05) is 18.2 Å². The molecule has 0 radical (unpaired) electrons. The van der Waals surface area contributed by atoms with Crippen molar-refractivity contribution in [1.82, 2.24) is 4.98 Å². The van der Waals surface area contributed by atoms with E-state index in [9.17, 15) is 14.7 Å². The van der Waals surface area contributed by atoms with Crippen LogP contribution < -0.4 is 10.9 Å². The van der Waals surface area contributed by atoms with Crippen molar-refractivity contribution in [3.63, 3.8) is 0 Å². The van der Waals surface area contributed by atoms with Gasteiger partial charge in [0, 0.05) is 11.2 Å². The van der Waals surface area contributed by atoms with E-state index in [1.165, 1.54) is 12.1 Å². The van der Waals surface area contributed by atoms with Gasteiger partial charge in [0.15, 0.2) is 0 Å². The van der Waals surface area contributed by atoms with Gasteiger partial charge in [-0.3, -0.25) is 9.59 Å². The first-order chi connectivity index (χ1) is 10.1. The fraction of sp³-hybridized carbons (Fsp3) is 0. The molecule has 2 aromatic carbocycles. The maximum atomic E-state index is 12.2. The van der Waals surface area contributed by atoms with Crippen LogP contribution in [0.5, 0.6) is 5.75 Å². The van der Waals surface area contributed by atoms with Gasteiger partial charge in [-0.15, -0.1) is 0 Å². The second-order valence-electron chi connectivity index (χ2n) is 4.60. The van der Waals surface area contributed by atoms with Gasteiger partial charge >= 0.3 is 0 Å². The van der Waals surface area contributed by atoms with Gasteiger partial charge in [-0.05, 0) is 41.8 Å². The van der Waals surface area contributed by atoms with Crippen LogP contribution in [0.1, 0.15) is 10.4 Å². The molecule has 0 aliphatic carbocycles. The number of hydrogen-bond acceptors (Lipinski definition) is 3. The summed E-state index contributed by atoms with van der Waals surface area (Å²) in [6.07, 6.45) is 0. The van der Waals surface area contributed by atoms with Gasteiger partial charge in [0.05, 0.1) is 0 Å². The summed E-state index contributed by atoms with van der Waals surface area (Å²) in [5.74, 6) is -0.385. The maximum absolute atomic E-state index is 12.2. The number of rotatable bonds is 2. The largest absolute Gasteiger partial charge is 0.508 e. The first-order valence-corrected chi connectivity index (χ1v) is 6.36. The van der Waals surface area contributed by atoms with E-state index in [1.54, 1.807) is 24.3 Å². The molecule has 0 aliphatic rings. The first kappa shape index (κ1) is 12.9. The van der Waals surface area contributed by atoms with Crippen molar-refractivity contribution in [2.75, 3.05) is 5.32 Å². The number of pyridine rings is 1. The molecule has 1 aromatic heterocycles. The van der Waals surface area contributed by atoms with Crippen molar-refractivity contribution >= 4 is 22.5 Å². The normalized spacial score (nSPS) is 10.5. The zero-order valence-corrected chi connectivity index (χ0v) is 11.0. The molecule has 0 bridgehead atoms. The van der Waals surface area contributed by atoms with E-state index in [1.807, 2.05) is 18.2 Å². The number of phenolic OH excluding ortho intramolecular Hbond substituents is 1. The third-order valence-electron chi connectivity index (χ3n) is 3.12. The van der Waals surface area contributed by atoms with E-state index in [4.69, 9.17) is 0 Å². The van der Waals surface area contributed by atoms with Crippen molar-refractivity contribution in [3.8, 4) is 5.75 Å². The van der Waals surface area contributed by atoms with Crippen LogP contribution in [0.3, 0.4) is 0 Å². The topological polar surface area (TPSA) is 82.2 Å². The number of aromatic hydroxyl groups is 1. The van der Waals surface area contributed by atoms with Crippen LogP contribution in [0.2, 0.25) is 0 Å². The number of H-pyrrole nitrogens is 1. The molecule has 0 spiro atoms. The van der Waals surface area contributed by atoms with Crippen LogP contribution in [-0.4, -0.2) is 16.0 Å². The standard InChI is InChI=1S/C16H12N2O3/c19-12-7-5-11(6-8-12)17-15(20)13-9-10-3-1-2-4-14(10)18-16(13)21/h1-9,19H,(H,17,20)(H,18,21). The number of fused-ring (bicyclic) bond motifs is 1. The summed E-state index contributed by atoms with van der Waals surface area (Å²) in [7, 11) is 0. The number of hydrogen-bond donors (Lipinski definition) is 3. The van der Waals surface area contributed by atoms with Gasteiger partial charge in [-0.25, -0.2) is 0 Å². The molecule has 21 heavy (non-hydrogen) atoms. The fourth-order valence-electron chi connectivity index (χ4n) is 2.06. The number of phenols is 1. The van der Waals surface area contributed by atoms with Crippen molar-refractivity contribution in [2.24, 2.45) is 0 Å². The molecule has 1 amide bonds. The number of carbonyl (C=O) groups is 1. The Kier molecular flexibility index (Phi) is 3.16. The van der Waals surface area contributed by atoms with Gasteiger partial charge in [0.25, 0.3) is 11.5 Å². The number of anilines is 1. The average molecular weight is 280 g/mol. The molecule has 3 N–H and O–H groups in total. The highest BCUT2D eigenvalue weighted by atomic mass is 16.3. The number of aromatic nitrogens is 1. The fourth-order valence-corrected chi connectivity index (χ4v) is 2.06. The molecule has 0 saturated carbocycles. The molecule has 1 heterocycles. The quantitative estimate of drug-likeness (QED) is 0.631. The lowest BCUT2D eigenvalue weighted by Gasteiger charge is -2.06. The Balaban J connectivity index is 1.95. The summed E-state index contributed by atoms with van der Waals surface area (Å²) in [5, 5.41) is 12.6. The lowest BCUT2D eigenvalue weighted by Crippen LogP contribution is -2.22. The van der Waals surface area contributed by atoms with Gasteiger partial charge < -0.3 is 15.4 Å². The second kappa shape index (κ2) is 5.13. The van der Waals surface area contributed by atoms with Crippen molar-refractivity contribution in [2.45, 2.75) is 0 Å². The number of para-hydroxylation sites is 1. The smallest absolute Gasteiger partial charge is 0.261 e. The van der Waals surface area contributed by atoms with E-state index in [-0.39, 0.29) is 11.3 Å². The number of nitrogens with one attached hydrogen (secondary N) is 2. The summed E-state index contributed by atoms with van der Waals surface area (Å²) in [6.45, 7) is 0. The number of carbonyl (C=O) groups excluding carboxylic acids is 1. The minimum absolute atomic E-state index is 0.0433. The molecule has 0 unspecified atom stereocenters. The van der Waals surface area contributed by atoms with Crippen LogP contribution in [0.15, 0.2) is 59.4 Å². The van der Waals surface area contributed by atoms with Crippen LogP contribution in [-0.2, 0) is 0 Å². The Morgan fingerprint density at radius 2 is 1.76 bits per heavy atom. The van der Waals surface area contributed by atoms with Crippen molar-refractivity contribution in [3.05, 3.63) is 70.5 Å². The van der Waals surface area contributed by atoms with Gasteiger partial charge in [0.1, 0.15) is 11.3 Å². The Hall–Kier alpha value is -3.08. The minimum atomic E-state index is -0.493. The maximum Gasteiger partial charge on any atom is 0.261 e. The summed E-state index contributed by atoms with van der Waals surface area (Å²) >= 11 is 0. The summed E-state index contributed by atoms with van der Waals surface area (Å²) < 4.78 is 0. The van der Waals surface area contributed by atoms with E-state index in [0.29, 0.717) is 11.2 Å². The van der Waals surface area contributed by atoms with Crippen molar-refractivity contribution < 1.29 is 9.90 Å². The van der Waals surface area contributed by atoms with Crippen LogP contribution in [0.4, 0.5) is 5.69 Å². The Bertz CT molecular complexity index is 867. The van der Waals surface area contributed by atoms with Gasteiger partial charge in [-0.2, -0.15) is 0 Å². The predicted molar refractivity (Wildman–Crippen MR) is 80.6 cm³/mol. The Labute approximate surface area is 119 Å². The highest BCUT2D eigenvalue weighted by Gasteiger charge is 2.12. The number of amides is 1. The summed E-state index contributed by atoms with van der Waals surface area (Å²) in [5.41, 5.74) is 0.792. The van der Waals surface area contributed by atoms with E-state index < -0.39 is 11.5 Å². The monoisotopic (exact) mass is 280 g/mol. The first-order valence-electron chi connectivity index (χ1n) is 6.36. The molecule has 104 valence electrons. The lowest BCUT2D eigenvalue weighted by atomic mass is 10.1. The molecule has 5 nitrogen and oxygen atoms in total. The Morgan fingerprint density at radius 3 is 2.52 bits per heavy atom. The number of aromatic amines is 1. The number of benzene rings is 2. The van der Waals surface area contributed by atoms with E-state index >= 15 is 0 Å². The second-order valence-corrected chi connectivity index (χ2v) is 4.60. The van der Waals surface area contributed by atoms with E-state index in [2.05, 4.69) is 10.3 Å². The molecule has 0 aliphatic heterocycles. The summed E-state index contributed by atoms with van der Waals surface area (Å²) in [4.78, 5) is 26.8. The predicted octanol–water partition coefficient (Wildman–Crippen LogP) is 2.49.